The van der Waals surface area contributed by atoms with Crippen molar-refractivity contribution < 1.29 is 13.5 Å². The molecule has 1 aromatic heterocycles. The average molecular weight is 457 g/mol. The van der Waals surface area contributed by atoms with Gasteiger partial charge in [-0.15, -0.1) is 11.3 Å². The molecule has 0 radical (unpaired) electrons. The lowest BCUT2D eigenvalue weighted by Gasteiger charge is -2.20. The van der Waals surface area contributed by atoms with E-state index in [9.17, 15) is 13.5 Å². The maximum absolute atomic E-state index is 13.1. The molecule has 0 amide bonds. The fourth-order valence-corrected chi connectivity index (χ4v) is 5.70. The summed E-state index contributed by atoms with van der Waals surface area (Å²) in [4.78, 5) is 4.82. The van der Waals surface area contributed by atoms with E-state index in [2.05, 4.69) is 15.5 Å². The lowest BCUT2D eigenvalue weighted by atomic mass is 10.2. The maximum atomic E-state index is 13.1. The molecule has 7 nitrogen and oxygen atoms in total. The summed E-state index contributed by atoms with van der Waals surface area (Å²) in [5, 5.41) is 16.1. The first-order chi connectivity index (χ1) is 15.0. The third-order valence-electron chi connectivity index (χ3n) is 5.08. The lowest BCUT2D eigenvalue weighted by Crippen LogP contribution is -2.31. The third-order valence-corrected chi connectivity index (χ3v) is 7.72. The molecule has 1 fully saturated rings. The summed E-state index contributed by atoms with van der Waals surface area (Å²) < 4.78 is 27.8. The Morgan fingerprint density at radius 1 is 1.06 bits per heavy atom. The molecule has 1 saturated heterocycles. The number of phenols is 1. The van der Waals surface area contributed by atoms with Gasteiger partial charge in [-0.3, -0.25) is 5.43 Å². The minimum atomic E-state index is -3.51. The second-order valence-electron chi connectivity index (χ2n) is 7.35. The van der Waals surface area contributed by atoms with Crippen molar-refractivity contribution in [2.45, 2.75) is 30.6 Å². The summed E-state index contributed by atoms with van der Waals surface area (Å²) in [5.41, 5.74) is 5.07. The van der Waals surface area contributed by atoms with Crippen LogP contribution in [0.25, 0.3) is 11.3 Å². The van der Waals surface area contributed by atoms with Crippen LogP contribution >= 0.6 is 11.3 Å². The monoisotopic (exact) mass is 456 g/mol. The Bertz CT molecular complexity index is 1170. The van der Waals surface area contributed by atoms with E-state index in [1.54, 1.807) is 46.9 Å². The van der Waals surface area contributed by atoms with Crippen LogP contribution in [-0.4, -0.2) is 42.1 Å². The first-order valence-electron chi connectivity index (χ1n) is 10.2. The highest BCUT2D eigenvalue weighted by Gasteiger charge is 2.25. The molecule has 2 aromatic carbocycles. The van der Waals surface area contributed by atoms with Crippen molar-refractivity contribution in [2.75, 3.05) is 18.5 Å². The molecule has 3 aromatic rings. The quantitative estimate of drug-likeness (QED) is 0.420. The van der Waals surface area contributed by atoms with E-state index in [0.717, 1.165) is 36.8 Å². The van der Waals surface area contributed by atoms with E-state index in [-0.39, 0.29) is 5.75 Å². The molecule has 31 heavy (non-hydrogen) atoms. The molecular weight excluding hydrogens is 432 g/mol. The number of sulfonamides is 1. The van der Waals surface area contributed by atoms with Crippen LogP contribution in [0.3, 0.4) is 0 Å². The van der Waals surface area contributed by atoms with Crippen molar-refractivity contribution in [1.82, 2.24) is 9.29 Å². The van der Waals surface area contributed by atoms with Gasteiger partial charge in [0.25, 0.3) is 0 Å². The Balaban J connectivity index is 1.49. The SMILES string of the molecule is O=S(=O)(c1cccc(-c2csc(NN=Cc3cccc(O)c3)n2)c1)N1CCCCCC1. The summed E-state index contributed by atoms with van der Waals surface area (Å²) in [6.45, 7) is 1.16. The number of hydrogen-bond acceptors (Lipinski definition) is 7. The molecule has 0 atom stereocenters. The zero-order valence-corrected chi connectivity index (χ0v) is 18.6. The first-order valence-corrected chi connectivity index (χ1v) is 12.5. The highest BCUT2D eigenvalue weighted by atomic mass is 32.2. The van der Waals surface area contributed by atoms with Crippen LogP contribution in [0, 0.1) is 0 Å². The highest BCUT2D eigenvalue weighted by Crippen LogP contribution is 2.28. The smallest absolute Gasteiger partial charge is 0.243 e. The van der Waals surface area contributed by atoms with E-state index in [1.165, 1.54) is 11.3 Å². The maximum Gasteiger partial charge on any atom is 0.243 e. The van der Waals surface area contributed by atoms with E-state index < -0.39 is 10.0 Å². The molecule has 0 spiro atoms. The summed E-state index contributed by atoms with van der Waals surface area (Å²) in [5.74, 6) is 0.176. The number of hydrogen-bond donors (Lipinski definition) is 2. The number of phenolic OH excluding ortho intramolecular Hbond substituents is 1. The van der Waals surface area contributed by atoms with E-state index in [0.29, 0.717) is 28.8 Å². The second-order valence-corrected chi connectivity index (χ2v) is 10.1. The van der Waals surface area contributed by atoms with Crippen molar-refractivity contribution in [1.29, 1.82) is 0 Å². The van der Waals surface area contributed by atoms with Gasteiger partial charge in [0.05, 0.1) is 16.8 Å². The van der Waals surface area contributed by atoms with Gasteiger partial charge in [-0.05, 0) is 42.7 Å². The van der Waals surface area contributed by atoms with Crippen LogP contribution < -0.4 is 5.43 Å². The van der Waals surface area contributed by atoms with E-state index in [1.807, 2.05) is 17.5 Å². The number of nitrogens with zero attached hydrogens (tertiary/aromatic N) is 3. The second kappa shape index (κ2) is 9.59. The van der Waals surface area contributed by atoms with Crippen LogP contribution in [0.15, 0.2) is 63.9 Å². The molecule has 0 saturated carbocycles. The molecule has 162 valence electrons. The van der Waals surface area contributed by atoms with E-state index in [4.69, 9.17) is 0 Å². The number of benzene rings is 2. The van der Waals surface area contributed by atoms with Crippen molar-refractivity contribution >= 4 is 32.7 Å². The molecule has 1 aliphatic heterocycles. The number of rotatable bonds is 6. The van der Waals surface area contributed by atoms with Crippen LogP contribution in [0.5, 0.6) is 5.75 Å². The van der Waals surface area contributed by atoms with Gasteiger partial charge in [0.2, 0.25) is 15.2 Å². The fraction of sp³-hybridized carbons (Fsp3) is 0.273. The Morgan fingerprint density at radius 3 is 2.61 bits per heavy atom. The Morgan fingerprint density at radius 2 is 1.84 bits per heavy atom. The lowest BCUT2D eigenvalue weighted by molar-refractivity contribution is 0.424. The number of nitrogens with one attached hydrogen (secondary N) is 1. The number of anilines is 1. The van der Waals surface area contributed by atoms with Crippen molar-refractivity contribution in [3.05, 3.63) is 59.5 Å². The number of thiazole rings is 1. The molecule has 1 aliphatic rings. The topological polar surface area (TPSA) is 94.9 Å². The standard InChI is InChI=1S/C22H24N4O3S2/c27-19-9-5-7-17(13-19)15-23-25-22-24-21(16-30-22)18-8-6-10-20(14-18)31(28,29)26-11-3-1-2-4-12-26/h5-10,13-16,27H,1-4,11-12H2,(H,24,25). The zero-order chi connectivity index (χ0) is 21.7. The third kappa shape index (κ3) is 5.30. The van der Waals surface area contributed by atoms with E-state index >= 15 is 0 Å². The van der Waals surface area contributed by atoms with Gasteiger partial charge in [0.15, 0.2) is 0 Å². The number of hydrazone groups is 1. The minimum absolute atomic E-state index is 0.176. The molecule has 0 unspecified atom stereocenters. The van der Waals surface area contributed by atoms with Crippen molar-refractivity contribution in [3.63, 3.8) is 0 Å². The Labute approximate surface area is 186 Å². The van der Waals surface area contributed by atoms with Crippen LogP contribution in [-0.2, 0) is 10.0 Å². The van der Waals surface area contributed by atoms with Crippen LogP contribution in [0.1, 0.15) is 31.2 Å². The molecule has 2 N–H and O–H groups in total. The zero-order valence-electron chi connectivity index (χ0n) is 16.9. The summed E-state index contributed by atoms with van der Waals surface area (Å²) in [6.07, 6.45) is 5.56. The van der Waals surface area contributed by atoms with Gasteiger partial charge in [-0.25, -0.2) is 13.4 Å². The Kier molecular flexibility index (Phi) is 6.64. The largest absolute Gasteiger partial charge is 0.508 e. The van der Waals surface area contributed by atoms with Gasteiger partial charge in [0.1, 0.15) is 5.75 Å². The highest BCUT2D eigenvalue weighted by molar-refractivity contribution is 7.89. The van der Waals surface area contributed by atoms with Crippen molar-refractivity contribution in [2.24, 2.45) is 5.10 Å². The molecule has 0 bridgehead atoms. The average Bonchev–Trinajstić information content (AvgIpc) is 3.06. The molecule has 9 heteroatoms. The van der Waals surface area contributed by atoms with Crippen molar-refractivity contribution in [3.8, 4) is 17.0 Å². The molecular formula is C22H24N4O3S2. The van der Waals surface area contributed by atoms with Gasteiger partial charge >= 0.3 is 0 Å². The predicted octanol–water partition coefficient (Wildman–Crippen LogP) is 4.53. The van der Waals surface area contributed by atoms with Gasteiger partial charge in [0, 0.05) is 24.0 Å². The molecule has 2 heterocycles. The number of aromatic nitrogens is 1. The predicted molar refractivity (Wildman–Crippen MR) is 124 cm³/mol. The summed E-state index contributed by atoms with van der Waals surface area (Å²) >= 11 is 1.38. The van der Waals surface area contributed by atoms with Crippen LogP contribution in [0.2, 0.25) is 0 Å². The van der Waals surface area contributed by atoms with Gasteiger partial charge in [-0.2, -0.15) is 9.41 Å². The molecule has 4 rings (SSSR count). The first kappa shape index (κ1) is 21.5. The van der Waals surface area contributed by atoms with Gasteiger partial charge in [-0.1, -0.05) is 37.1 Å². The van der Waals surface area contributed by atoms with Crippen LogP contribution in [0.4, 0.5) is 5.13 Å². The Hall–Kier alpha value is -2.75. The normalized spacial score (nSPS) is 15.7. The summed E-state index contributed by atoms with van der Waals surface area (Å²) in [6, 6.07) is 13.7. The molecule has 0 aliphatic carbocycles. The van der Waals surface area contributed by atoms with Gasteiger partial charge < -0.3 is 5.11 Å². The number of aromatic hydroxyl groups is 1. The summed E-state index contributed by atoms with van der Waals surface area (Å²) in [7, 11) is -3.51. The minimum Gasteiger partial charge on any atom is -0.508 e. The fourth-order valence-electron chi connectivity index (χ4n) is 3.47.